The molecule has 3 nitrogen and oxygen atoms in total. The van der Waals surface area contributed by atoms with Crippen LogP contribution in [0.25, 0.3) is 11.1 Å². The van der Waals surface area contributed by atoms with E-state index in [1.54, 1.807) is 11.3 Å². The molecule has 0 bridgehead atoms. The highest BCUT2D eigenvalue weighted by Gasteiger charge is 2.37. The van der Waals surface area contributed by atoms with E-state index in [9.17, 15) is 4.79 Å². The average molecular weight is 378 g/mol. The summed E-state index contributed by atoms with van der Waals surface area (Å²) in [5.41, 5.74) is 3.06. The first kappa shape index (κ1) is 18.0. The van der Waals surface area contributed by atoms with Crippen molar-refractivity contribution in [3.8, 4) is 11.1 Å². The Kier molecular flexibility index (Phi) is 5.37. The van der Waals surface area contributed by atoms with Crippen LogP contribution >= 0.6 is 11.3 Å². The second kappa shape index (κ2) is 8.07. The largest absolute Gasteiger partial charge is 0.320 e. The zero-order chi connectivity index (χ0) is 18.6. The first-order valence-corrected chi connectivity index (χ1v) is 10.5. The molecular weight excluding hydrogens is 352 g/mol. The van der Waals surface area contributed by atoms with Crippen LogP contribution in [0.3, 0.4) is 0 Å². The van der Waals surface area contributed by atoms with E-state index < -0.39 is 0 Å². The highest BCUT2D eigenvalue weighted by Crippen LogP contribution is 2.28. The summed E-state index contributed by atoms with van der Waals surface area (Å²) in [5.74, 6) is 0.0943. The van der Waals surface area contributed by atoms with Gasteiger partial charge in [0.05, 0.1) is 11.4 Å². The zero-order valence-corrected chi connectivity index (χ0v) is 16.3. The predicted octanol–water partition coefficient (Wildman–Crippen LogP) is 4.16. The number of nitrogens with one attached hydrogen (secondary N) is 2. The van der Waals surface area contributed by atoms with Crippen molar-refractivity contribution < 1.29 is 9.69 Å². The molecule has 2 heterocycles. The van der Waals surface area contributed by atoms with Crippen LogP contribution in [0, 0.1) is 0 Å². The maximum atomic E-state index is 13.1. The number of rotatable bonds is 5. The summed E-state index contributed by atoms with van der Waals surface area (Å²) >= 11 is 1.80. The number of hydrogen-bond acceptors (Lipinski definition) is 2. The normalized spacial score (nSPS) is 20.3. The molecule has 3 aromatic rings. The van der Waals surface area contributed by atoms with Crippen LogP contribution in [-0.2, 0) is 4.79 Å². The van der Waals surface area contributed by atoms with Gasteiger partial charge in [-0.2, -0.15) is 0 Å². The van der Waals surface area contributed by atoms with Crippen LogP contribution in [0.2, 0.25) is 0 Å². The molecule has 27 heavy (non-hydrogen) atoms. The highest BCUT2D eigenvalue weighted by molar-refractivity contribution is 7.10. The van der Waals surface area contributed by atoms with Crippen LogP contribution < -0.4 is 10.2 Å². The summed E-state index contributed by atoms with van der Waals surface area (Å²) in [7, 11) is 0. The Bertz CT molecular complexity index is 892. The molecule has 1 aliphatic heterocycles. The third-order valence-corrected chi connectivity index (χ3v) is 6.50. The van der Waals surface area contributed by atoms with Crippen molar-refractivity contribution in [2.24, 2.45) is 0 Å². The van der Waals surface area contributed by atoms with E-state index in [1.165, 1.54) is 16.2 Å². The number of likely N-dealkylation sites (tertiary alicyclic amines) is 1. The second-order valence-corrected chi connectivity index (χ2v) is 8.14. The maximum Gasteiger partial charge on any atom is 0.282 e. The van der Waals surface area contributed by atoms with Gasteiger partial charge in [0.1, 0.15) is 6.04 Å². The number of hydrogen-bond donors (Lipinski definition) is 2. The van der Waals surface area contributed by atoms with Crippen LogP contribution in [-0.4, -0.2) is 18.5 Å². The minimum atomic E-state index is -0.0802. The second-order valence-electron chi connectivity index (χ2n) is 7.16. The quantitative estimate of drug-likeness (QED) is 0.688. The predicted molar refractivity (Wildman–Crippen MR) is 112 cm³/mol. The molecule has 2 aromatic carbocycles. The van der Waals surface area contributed by atoms with E-state index in [2.05, 4.69) is 48.0 Å². The van der Waals surface area contributed by atoms with Gasteiger partial charge < -0.3 is 10.2 Å². The third-order valence-electron chi connectivity index (χ3n) is 5.51. The molecule has 2 N–H and O–H groups in total. The molecule has 0 spiro atoms. The van der Waals surface area contributed by atoms with Crippen molar-refractivity contribution in [2.75, 3.05) is 11.9 Å². The van der Waals surface area contributed by atoms with Gasteiger partial charge in [0, 0.05) is 24.1 Å². The standard InChI is InChI=1S/C23H24N2OS/c1-17(25-15-7-13-21(25)22-14-8-16-27-22)23(26)24-20-12-6-5-11-19(20)18-9-3-2-4-10-18/h2-6,8-12,14,16-17,21H,7,13,15H2,1H3,(H,24,26)/p+1/t17-,21+/m0/s1. The number of para-hydroxylation sites is 1. The number of amides is 1. The number of benzene rings is 2. The number of carbonyl (C=O) groups is 1. The van der Waals surface area contributed by atoms with Gasteiger partial charge in [-0.1, -0.05) is 54.6 Å². The van der Waals surface area contributed by atoms with Crippen molar-refractivity contribution in [1.29, 1.82) is 0 Å². The average Bonchev–Trinajstić information content (AvgIpc) is 3.40. The smallest absolute Gasteiger partial charge is 0.282 e. The van der Waals surface area contributed by atoms with Crippen LogP contribution in [0.5, 0.6) is 0 Å². The first-order valence-electron chi connectivity index (χ1n) is 9.58. The SMILES string of the molecule is C[C@@H](C(=O)Nc1ccccc1-c1ccccc1)[NH+]1CCC[C@@H]1c1cccs1. The number of thiophene rings is 1. The Balaban J connectivity index is 1.53. The molecular formula is C23H25N2OS+. The highest BCUT2D eigenvalue weighted by atomic mass is 32.1. The summed E-state index contributed by atoms with van der Waals surface area (Å²) in [4.78, 5) is 15.8. The van der Waals surface area contributed by atoms with Crippen molar-refractivity contribution >= 4 is 22.9 Å². The molecule has 1 fully saturated rings. The van der Waals surface area contributed by atoms with Crippen molar-refractivity contribution in [3.63, 3.8) is 0 Å². The van der Waals surface area contributed by atoms with E-state index in [0.717, 1.165) is 29.8 Å². The summed E-state index contributed by atoms with van der Waals surface area (Å²) < 4.78 is 0. The molecule has 4 rings (SSSR count). The van der Waals surface area contributed by atoms with Gasteiger partial charge >= 0.3 is 0 Å². The zero-order valence-electron chi connectivity index (χ0n) is 15.5. The van der Waals surface area contributed by atoms with Gasteiger partial charge in [-0.15, -0.1) is 11.3 Å². The van der Waals surface area contributed by atoms with Gasteiger partial charge in [0.15, 0.2) is 6.04 Å². The van der Waals surface area contributed by atoms with Gasteiger partial charge in [0.25, 0.3) is 5.91 Å². The lowest BCUT2D eigenvalue weighted by Gasteiger charge is -2.26. The van der Waals surface area contributed by atoms with E-state index >= 15 is 0 Å². The third kappa shape index (κ3) is 3.82. The topological polar surface area (TPSA) is 33.5 Å². The summed E-state index contributed by atoms with van der Waals surface area (Å²) in [6.07, 6.45) is 2.34. The molecule has 0 radical (unpaired) electrons. The Morgan fingerprint density at radius 2 is 1.85 bits per heavy atom. The Morgan fingerprint density at radius 3 is 2.63 bits per heavy atom. The van der Waals surface area contributed by atoms with E-state index in [0.29, 0.717) is 6.04 Å². The Morgan fingerprint density at radius 1 is 1.07 bits per heavy atom. The summed E-state index contributed by atoms with van der Waals surface area (Å²) in [6.45, 7) is 3.11. The molecule has 138 valence electrons. The van der Waals surface area contributed by atoms with Crippen LogP contribution in [0.15, 0.2) is 72.1 Å². The molecule has 0 saturated carbocycles. The Hall–Kier alpha value is -2.43. The van der Waals surface area contributed by atoms with Crippen molar-refractivity contribution in [1.82, 2.24) is 0 Å². The van der Waals surface area contributed by atoms with Gasteiger partial charge in [-0.05, 0) is 30.0 Å². The van der Waals surface area contributed by atoms with Crippen molar-refractivity contribution in [3.05, 3.63) is 77.0 Å². The fourth-order valence-electron chi connectivity index (χ4n) is 4.07. The molecule has 1 aliphatic rings. The lowest BCUT2D eigenvalue weighted by molar-refractivity contribution is -0.931. The minimum absolute atomic E-state index is 0.0802. The molecule has 1 saturated heterocycles. The lowest BCUT2D eigenvalue weighted by Crippen LogP contribution is -3.15. The van der Waals surface area contributed by atoms with E-state index in [-0.39, 0.29) is 11.9 Å². The molecule has 0 aliphatic carbocycles. The number of carbonyl (C=O) groups excluding carboxylic acids is 1. The number of quaternary nitrogens is 1. The minimum Gasteiger partial charge on any atom is -0.320 e. The fraction of sp³-hybridized carbons (Fsp3) is 0.261. The Labute approximate surface area is 164 Å². The van der Waals surface area contributed by atoms with Crippen LogP contribution in [0.4, 0.5) is 5.69 Å². The monoisotopic (exact) mass is 377 g/mol. The van der Waals surface area contributed by atoms with Gasteiger partial charge in [-0.3, -0.25) is 4.79 Å². The van der Waals surface area contributed by atoms with E-state index in [1.807, 2.05) is 36.4 Å². The lowest BCUT2D eigenvalue weighted by atomic mass is 10.0. The van der Waals surface area contributed by atoms with E-state index in [4.69, 9.17) is 0 Å². The molecule has 1 unspecified atom stereocenters. The first-order chi connectivity index (χ1) is 13.2. The van der Waals surface area contributed by atoms with Crippen molar-refractivity contribution in [2.45, 2.75) is 31.8 Å². The molecule has 4 heteroatoms. The van der Waals surface area contributed by atoms with Crippen LogP contribution in [0.1, 0.15) is 30.7 Å². The summed E-state index contributed by atoms with van der Waals surface area (Å²) in [5, 5.41) is 5.33. The summed E-state index contributed by atoms with van der Waals surface area (Å²) in [6, 6.07) is 22.9. The van der Waals surface area contributed by atoms with Gasteiger partial charge in [-0.25, -0.2) is 0 Å². The number of anilines is 1. The maximum absolute atomic E-state index is 13.1. The molecule has 1 aromatic heterocycles. The molecule has 3 atom stereocenters. The molecule has 1 amide bonds. The van der Waals surface area contributed by atoms with Gasteiger partial charge in [0.2, 0.25) is 0 Å². The fourth-order valence-corrected chi connectivity index (χ4v) is 4.98.